The van der Waals surface area contributed by atoms with Gasteiger partial charge < -0.3 is 19.7 Å². The lowest BCUT2D eigenvalue weighted by molar-refractivity contribution is 0.0586. The highest BCUT2D eigenvalue weighted by atomic mass is 35.5. The van der Waals surface area contributed by atoms with Crippen LogP contribution in [0.15, 0.2) is 27.7 Å². The summed E-state index contributed by atoms with van der Waals surface area (Å²) in [6.45, 7) is 1.72. The molecule has 0 aliphatic rings. The van der Waals surface area contributed by atoms with E-state index in [0.717, 1.165) is 0 Å². The first-order valence-electron chi connectivity index (χ1n) is 6.81. The van der Waals surface area contributed by atoms with Crippen LogP contribution in [-0.2, 0) is 11.3 Å². The summed E-state index contributed by atoms with van der Waals surface area (Å²) < 4.78 is 15.3. The van der Waals surface area contributed by atoms with Crippen LogP contribution in [0.1, 0.15) is 21.8 Å². The standard InChI is InChI=1S/C15H15Cl2N3O4/c1-8-10(14(20-24-8)15(21)22-2)7-23-12-4-3-9(5-11(12)17)19-13(18)6-16/h3-5H,6-7H2,1-2H3,(H2,18,19). The van der Waals surface area contributed by atoms with E-state index in [2.05, 4.69) is 14.9 Å². The van der Waals surface area contributed by atoms with Gasteiger partial charge in [0, 0.05) is 0 Å². The monoisotopic (exact) mass is 371 g/mol. The van der Waals surface area contributed by atoms with E-state index in [1.165, 1.54) is 7.11 Å². The largest absolute Gasteiger partial charge is 0.487 e. The number of nitrogens with two attached hydrogens (primary N) is 1. The van der Waals surface area contributed by atoms with E-state index in [9.17, 15) is 4.79 Å². The molecule has 0 amide bonds. The summed E-state index contributed by atoms with van der Waals surface area (Å²) >= 11 is 11.7. The van der Waals surface area contributed by atoms with E-state index in [1.54, 1.807) is 25.1 Å². The zero-order chi connectivity index (χ0) is 17.7. The van der Waals surface area contributed by atoms with Crippen molar-refractivity contribution in [1.29, 1.82) is 0 Å². The van der Waals surface area contributed by atoms with Crippen molar-refractivity contribution in [3.8, 4) is 5.75 Å². The normalized spacial score (nSPS) is 11.4. The molecule has 128 valence electrons. The highest BCUT2D eigenvalue weighted by Gasteiger charge is 2.21. The number of aryl methyl sites for hydroxylation is 1. The number of benzene rings is 1. The predicted octanol–water partition coefficient (Wildman–Crippen LogP) is 3.23. The van der Waals surface area contributed by atoms with Crippen molar-refractivity contribution in [2.24, 2.45) is 10.7 Å². The maximum Gasteiger partial charge on any atom is 0.360 e. The second-order valence-corrected chi connectivity index (χ2v) is 5.37. The van der Waals surface area contributed by atoms with Crippen LogP contribution in [0.25, 0.3) is 0 Å². The lowest BCUT2D eigenvalue weighted by Crippen LogP contribution is -2.12. The van der Waals surface area contributed by atoms with Crippen LogP contribution in [0, 0.1) is 6.92 Å². The van der Waals surface area contributed by atoms with Gasteiger partial charge in [-0.15, -0.1) is 11.6 Å². The second kappa shape index (κ2) is 8.03. The molecule has 0 fully saturated rings. The first kappa shape index (κ1) is 18.1. The Hall–Kier alpha value is -2.25. The number of alkyl halides is 1. The van der Waals surface area contributed by atoms with Crippen molar-refractivity contribution >= 4 is 40.7 Å². The number of aromatic nitrogens is 1. The number of methoxy groups -OCH3 is 1. The van der Waals surface area contributed by atoms with Crippen molar-refractivity contribution in [1.82, 2.24) is 5.16 Å². The molecule has 1 aromatic carbocycles. The van der Waals surface area contributed by atoms with Crippen molar-refractivity contribution in [2.45, 2.75) is 13.5 Å². The van der Waals surface area contributed by atoms with Gasteiger partial charge in [-0.1, -0.05) is 16.8 Å². The van der Waals surface area contributed by atoms with Crippen LogP contribution in [-0.4, -0.2) is 30.0 Å². The fraction of sp³-hybridized carbons (Fsp3) is 0.267. The minimum Gasteiger partial charge on any atom is -0.487 e. The van der Waals surface area contributed by atoms with Crippen LogP contribution >= 0.6 is 23.2 Å². The molecule has 24 heavy (non-hydrogen) atoms. The van der Waals surface area contributed by atoms with Crippen LogP contribution in [0.3, 0.4) is 0 Å². The Kier molecular flexibility index (Phi) is 6.05. The van der Waals surface area contributed by atoms with E-state index < -0.39 is 5.97 Å². The summed E-state index contributed by atoms with van der Waals surface area (Å²) in [4.78, 5) is 15.7. The van der Waals surface area contributed by atoms with Crippen LogP contribution < -0.4 is 10.5 Å². The Morgan fingerprint density at radius 1 is 1.46 bits per heavy atom. The third kappa shape index (κ3) is 4.18. The molecular weight excluding hydrogens is 357 g/mol. The number of carbonyl (C=O) groups is 1. The van der Waals surface area contributed by atoms with E-state index in [-0.39, 0.29) is 24.0 Å². The van der Waals surface area contributed by atoms with E-state index in [1.807, 2.05) is 0 Å². The number of nitrogens with zero attached hydrogens (tertiary/aromatic N) is 2. The molecule has 0 spiro atoms. The van der Waals surface area contributed by atoms with Crippen LogP contribution in [0.4, 0.5) is 5.69 Å². The second-order valence-electron chi connectivity index (χ2n) is 4.70. The van der Waals surface area contributed by atoms with Gasteiger partial charge in [0.2, 0.25) is 0 Å². The summed E-state index contributed by atoms with van der Waals surface area (Å²) in [5, 5.41) is 4.01. The first-order chi connectivity index (χ1) is 11.5. The van der Waals surface area contributed by atoms with Gasteiger partial charge in [0.05, 0.1) is 29.3 Å². The van der Waals surface area contributed by atoms with Gasteiger partial charge in [0.25, 0.3) is 0 Å². The number of esters is 1. The number of ether oxygens (including phenoxy) is 2. The number of amidine groups is 1. The van der Waals surface area contributed by atoms with E-state index in [0.29, 0.717) is 27.8 Å². The quantitative estimate of drug-likeness (QED) is 0.362. The summed E-state index contributed by atoms with van der Waals surface area (Å²) in [6.07, 6.45) is 0. The zero-order valence-electron chi connectivity index (χ0n) is 13.0. The summed E-state index contributed by atoms with van der Waals surface area (Å²) in [7, 11) is 1.26. The zero-order valence-corrected chi connectivity index (χ0v) is 14.5. The molecule has 0 saturated carbocycles. The van der Waals surface area contributed by atoms with Gasteiger partial charge in [-0.25, -0.2) is 9.79 Å². The predicted molar refractivity (Wildman–Crippen MR) is 90.4 cm³/mol. The number of rotatable bonds is 6. The molecule has 2 aromatic rings. The van der Waals surface area contributed by atoms with Crippen molar-refractivity contribution in [3.05, 3.63) is 40.2 Å². The Bertz CT molecular complexity index is 774. The average Bonchev–Trinajstić information content (AvgIpc) is 2.94. The van der Waals surface area contributed by atoms with Gasteiger partial charge in [-0.3, -0.25) is 0 Å². The Morgan fingerprint density at radius 2 is 2.21 bits per heavy atom. The molecule has 2 rings (SSSR count). The van der Waals surface area contributed by atoms with Crippen LogP contribution in [0.5, 0.6) is 5.75 Å². The topological polar surface area (TPSA) is 99.9 Å². The Morgan fingerprint density at radius 3 is 2.83 bits per heavy atom. The van der Waals surface area contributed by atoms with Gasteiger partial charge in [-0.05, 0) is 25.1 Å². The molecule has 2 N–H and O–H groups in total. The maximum absolute atomic E-state index is 11.6. The lowest BCUT2D eigenvalue weighted by Gasteiger charge is -2.08. The molecule has 0 saturated heterocycles. The molecule has 0 radical (unpaired) electrons. The number of aliphatic imine (C=N–C) groups is 1. The third-order valence-corrected chi connectivity index (χ3v) is 3.63. The number of hydrogen-bond acceptors (Lipinski definition) is 6. The molecule has 7 nitrogen and oxygen atoms in total. The van der Waals surface area contributed by atoms with E-state index in [4.69, 9.17) is 38.2 Å². The van der Waals surface area contributed by atoms with Crippen molar-refractivity contribution < 1.29 is 18.8 Å². The summed E-state index contributed by atoms with van der Waals surface area (Å²) in [5.74, 6) is 0.681. The molecule has 0 aliphatic heterocycles. The minimum absolute atomic E-state index is 0.0475. The molecule has 1 aromatic heterocycles. The average molecular weight is 372 g/mol. The minimum atomic E-state index is -0.599. The molecule has 0 aliphatic carbocycles. The van der Waals surface area contributed by atoms with E-state index >= 15 is 0 Å². The number of carbonyl (C=O) groups excluding carboxylic acids is 1. The van der Waals surface area contributed by atoms with Crippen molar-refractivity contribution in [3.63, 3.8) is 0 Å². The Labute approximate surface area is 148 Å². The van der Waals surface area contributed by atoms with Gasteiger partial charge in [0.1, 0.15) is 24.0 Å². The van der Waals surface area contributed by atoms with Crippen LogP contribution in [0.2, 0.25) is 5.02 Å². The highest BCUT2D eigenvalue weighted by molar-refractivity contribution is 6.32. The fourth-order valence-corrected chi connectivity index (χ4v) is 2.13. The maximum atomic E-state index is 11.6. The summed E-state index contributed by atoms with van der Waals surface area (Å²) in [5.41, 5.74) is 6.69. The lowest BCUT2D eigenvalue weighted by atomic mass is 10.2. The summed E-state index contributed by atoms with van der Waals surface area (Å²) in [6, 6.07) is 4.92. The molecular formula is C15H15Cl2N3O4. The van der Waals surface area contributed by atoms with Crippen molar-refractivity contribution in [2.75, 3.05) is 13.0 Å². The van der Waals surface area contributed by atoms with Gasteiger partial charge in [0.15, 0.2) is 5.69 Å². The number of halogens is 2. The SMILES string of the molecule is COC(=O)c1noc(C)c1COc1ccc(N=C(N)CCl)cc1Cl. The molecule has 0 unspecified atom stereocenters. The number of hydrogen-bond donors (Lipinski definition) is 1. The highest BCUT2D eigenvalue weighted by Crippen LogP contribution is 2.30. The third-order valence-electron chi connectivity index (χ3n) is 3.06. The van der Waals surface area contributed by atoms with Gasteiger partial charge in [-0.2, -0.15) is 0 Å². The molecule has 1 heterocycles. The van der Waals surface area contributed by atoms with Gasteiger partial charge >= 0.3 is 5.97 Å². The fourth-order valence-electron chi connectivity index (χ4n) is 1.84. The smallest absolute Gasteiger partial charge is 0.360 e. The molecule has 9 heteroatoms. The Balaban J connectivity index is 2.16. The molecule has 0 bridgehead atoms. The molecule has 0 atom stereocenters. The first-order valence-corrected chi connectivity index (χ1v) is 7.72.